The molecule has 0 saturated carbocycles. The average Bonchev–Trinajstić information content (AvgIpc) is 3.21. The zero-order chi connectivity index (χ0) is 32.2. The Morgan fingerprint density at radius 3 is 2.19 bits per heavy atom. The summed E-state index contributed by atoms with van der Waals surface area (Å²) in [6, 6.07) is 15.0. The van der Waals surface area contributed by atoms with Gasteiger partial charge in [0.1, 0.15) is 0 Å². The number of rotatable bonds is 13. The molecule has 2 amide bonds. The number of nitrogens with two attached hydrogens (primary N) is 1. The Kier molecular flexibility index (Phi) is 19.4. The van der Waals surface area contributed by atoms with E-state index in [4.69, 9.17) is 15.2 Å². The van der Waals surface area contributed by atoms with Crippen LogP contribution in [0.5, 0.6) is 11.5 Å². The number of carbonyl (C=O) groups excluding carboxylic acids is 2. The number of carbonyl (C=O) groups is 2. The lowest BCUT2D eigenvalue weighted by molar-refractivity contribution is -0.126. The van der Waals surface area contributed by atoms with Gasteiger partial charge in [-0.1, -0.05) is 78.8 Å². The van der Waals surface area contributed by atoms with E-state index in [1.54, 1.807) is 0 Å². The molecule has 242 valence electrons. The molecule has 0 fully saturated rings. The minimum absolute atomic E-state index is 0.190. The minimum Gasteiger partial charge on any atom is -0.490 e. The van der Waals surface area contributed by atoms with E-state index in [-0.39, 0.29) is 19.0 Å². The molecular weight excluding hydrogens is 564 g/mol. The van der Waals surface area contributed by atoms with Crippen molar-refractivity contribution in [2.45, 2.75) is 78.3 Å². The molecule has 0 aliphatic carbocycles. The van der Waals surface area contributed by atoms with Crippen LogP contribution in [-0.4, -0.2) is 72.8 Å². The van der Waals surface area contributed by atoms with Crippen LogP contribution in [0.2, 0.25) is 0 Å². The third-order valence-electron chi connectivity index (χ3n) is 5.65. The fourth-order valence-corrected chi connectivity index (χ4v) is 5.09. The monoisotopic (exact) mass is 618 g/mol. The van der Waals surface area contributed by atoms with Gasteiger partial charge in [-0.3, -0.25) is 9.59 Å². The third kappa shape index (κ3) is 16.6. The number of ether oxygens (including phenoxy) is 2. The number of aliphatic hydroxyl groups excluding tert-OH is 1. The van der Waals surface area contributed by atoms with Gasteiger partial charge in [-0.15, -0.1) is 0 Å². The number of fused-ring (bicyclic) bond motifs is 1. The zero-order valence-electron chi connectivity index (χ0n) is 27.1. The number of amides is 2. The highest BCUT2D eigenvalue weighted by Gasteiger charge is 2.25. The first kappa shape index (κ1) is 38.2. The van der Waals surface area contributed by atoms with Crippen molar-refractivity contribution in [2.75, 3.05) is 39.4 Å². The molecule has 1 heterocycles. The summed E-state index contributed by atoms with van der Waals surface area (Å²) < 4.78 is 13.7. The van der Waals surface area contributed by atoms with E-state index in [0.29, 0.717) is 32.1 Å². The molecule has 0 radical (unpaired) electrons. The van der Waals surface area contributed by atoms with Crippen molar-refractivity contribution in [3.8, 4) is 11.5 Å². The second-order valence-electron chi connectivity index (χ2n) is 11.1. The van der Waals surface area contributed by atoms with Crippen molar-refractivity contribution in [1.82, 2.24) is 14.9 Å². The summed E-state index contributed by atoms with van der Waals surface area (Å²) in [6.45, 7) is 16.7. The van der Waals surface area contributed by atoms with Crippen molar-refractivity contribution in [1.29, 1.82) is 0 Å². The van der Waals surface area contributed by atoms with Gasteiger partial charge in [0.05, 0.1) is 38.4 Å². The Hall–Kier alpha value is -2.79. The van der Waals surface area contributed by atoms with E-state index in [1.165, 1.54) is 11.9 Å². The van der Waals surface area contributed by atoms with Crippen molar-refractivity contribution in [3.63, 3.8) is 0 Å². The smallest absolute Gasteiger partial charge is 0.239 e. The molecule has 1 aliphatic rings. The zero-order valence-corrected chi connectivity index (χ0v) is 27.9. The first-order chi connectivity index (χ1) is 20.6. The molecule has 0 spiro atoms. The molecule has 2 aromatic carbocycles. The molecule has 2 atom stereocenters. The maximum absolute atomic E-state index is 12.6. The van der Waals surface area contributed by atoms with Gasteiger partial charge in [-0.05, 0) is 54.0 Å². The molecule has 3 rings (SSSR count). The van der Waals surface area contributed by atoms with Crippen LogP contribution in [-0.2, 0) is 16.0 Å². The normalized spacial score (nSPS) is 13.6. The summed E-state index contributed by atoms with van der Waals surface area (Å²) in [4.78, 5) is 25.0. The SMILES string of the molecule is CC.CC(C)C.CC(C)CN(CC(O)C(Cc1ccccc1)NC(=O)CNC(=O)CN)Sc1ccc2c(c1)OCCCO2. The predicted molar refractivity (Wildman–Crippen MR) is 176 cm³/mol. The van der Waals surface area contributed by atoms with E-state index >= 15 is 0 Å². The van der Waals surface area contributed by atoms with Gasteiger partial charge >= 0.3 is 0 Å². The second-order valence-corrected chi connectivity index (χ2v) is 12.3. The van der Waals surface area contributed by atoms with Crippen LogP contribution in [0.1, 0.15) is 60.5 Å². The molecule has 2 unspecified atom stereocenters. The van der Waals surface area contributed by atoms with E-state index < -0.39 is 18.1 Å². The van der Waals surface area contributed by atoms with Crippen LogP contribution in [0.3, 0.4) is 0 Å². The predicted octanol–water partition coefficient (Wildman–Crippen LogP) is 4.66. The summed E-state index contributed by atoms with van der Waals surface area (Å²) in [7, 11) is 0. The maximum atomic E-state index is 12.6. The van der Waals surface area contributed by atoms with Gasteiger partial charge < -0.3 is 30.9 Å². The topological polar surface area (TPSA) is 126 Å². The lowest BCUT2D eigenvalue weighted by atomic mass is 10.0. The van der Waals surface area contributed by atoms with Gasteiger partial charge in [0.2, 0.25) is 11.8 Å². The summed E-state index contributed by atoms with van der Waals surface area (Å²) in [5, 5.41) is 16.7. The van der Waals surface area contributed by atoms with Crippen LogP contribution < -0.4 is 25.8 Å². The lowest BCUT2D eigenvalue weighted by Gasteiger charge is -2.30. The van der Waals surface area contributed by atoms with E-state index in [0.717, 1.165) is 40.8 Å². The van der Waals surface area contributed by atoms with Crippen LogP contribution in [0, 0.1) is 11.8 Å². The number of nitrogens with one attached hydrogen (secondary N) is 2. The van der Waals surface area contributed by atoms with Crippen molar-refractivity contribution >= 4 is 23.8 Å². The van der Waals surface area contributed by atoms with Gasteiger partial charge in [0, 0.05) is 24.4 Å². The molecule has 0 aromatic heterocycles. The molecule has 5 N–H and O–H groups in total. The molecule has 10 heteroatoms. The first-order valence-corrected chi connectivity index (χ1v) is 16.1. The highest BCUT2D eigenvalue weighted by Crippen LogP contribution is 2.35. The lowest BCUT2D eigenvalue weighted by Crippen LogP contribution is -2.51. The minimum atomic E-state index is -0.860. The molecule has 0 saturated heterocycles. The number of benzene rings is 2. The third-order valence-corrected chi connectivity index (χ3v) is 6.67. The standard InChI is InChI=1S/C27H38N4O5S.C4H10.C2H6/c1-19(2)17-31(37-21-9-10-24-25(14-21)36-12-6-11-35-24)18-23(32)22(13-20-7-4-3-5-8-20)30-27(34)16-29-26(33)15-28;1-4(2)3;1-2/h3-5,7-10,14,19,22-23,32H,6,11-13,15-18,28H2,1-2H3,(H,29,33)(H,30,34);4H,1-3H3;1-2H3. The number of hydrogen-bond acceptors (Lipinski definition) is 8. The molecular formula is C33H54N4O5S. The van der Waals surface area contributed by atoms with Crippen molar-refractivity contribution < 1.29 is 24.2 Å². The summed E-state index contributed by atoms with van der Waals surface area (Å²) in [6.07, 6.45) is 0.428. The van der Waals surface area contributed by atoms with E-state index in [9.17, 15) is 14.7 Å². The molecule has 2 aromatic rings. The quantitative estimate of drug-likeness (QED) is 0.239. The Balaban J connectivity index is 0.00000142. The number of aliphatic hydroxyl groups is 1. The van der Waals surface area contributed by atoms with E-state index in [2.05, 4.69) is 49.6 Å². The number of nitrogens with zero attached hydrogens (tertiary/aromatic N) is 1. The number of hydrogen-bond donors (Lipinski definition) is 4. The van der Waals surface area contributed by atoms with Crippen LogP contribution in [0.15, 0.2) is 53.4 Å². The first-order valence-electron chi connectivity index (χ1n) is 15.4. The van der Waals surface area contributed by atoms with Gasteiger partial charge in [-0.25, -0.2) is 4.31 Å². The average molecular weight is 619 g/mol. The maximum Gasteiger partial charge on any atom is 0.239 e. The molecule has 43 heavy (non-hydrogen) atoms. The van der Waals surface area contributed by atoms with Crippen LogP contribution in [0.4, 0.5) is 0 Å². The summed E-state index contributed by atoms with van der Waals surface area (Å²) in [5.41, 5.74) is 6.30. The summed E-state index contributed by atoms with van der Waals surface area (Å²) in [5.74, 6) is 1.86. The Morgan fingerprint density at radius 1 is 0.953 bits per heavy atom. The highest BCUT2D eigenvalue weighted by atomic mass is 32.2. The Morgan fingerprint density at radius 2 is 1.58 bits per heavy atom. The van der Waals surface area contributed by atoms with Crippen molar-refractivity contribution in [3.05, 3.63) is 54.1 Å². The van der Waals surface area contributed by atoms with Crippen LogP contribution >= 0.6 is 11.9 Å². The van der Waals surface area contributed by atoms with E-state index in [1.807, 2.05) is 62.4 Å². The molecule has 9 nitrogen and oxygen atoms in total. The van der Waals surface area contributed by atoms with Gasteiger partial charge in [0.15, 0.2) is 11.5 Å². The molecule has 1 aliphatic heterocycles. The fourth-order valence-electron chi connectivity index (χ4n) is 3.90. The largest absolute Gasteiger partial charge is 0.490 e. The fraction of sp³-hybridized carbons (Fsp3) is 0.576. The molecule has 0 bridgehead atoms. The Bertz CT molecular complexity index is 1050. The Labute approximate surface area is 263 Å². The second kappa shape index (κ2) is 21.8. The van der Waals surface area contributed by atoms with Crippen molar-refractivity contribution in [2.24, 2.45) is 17.6 Å². The highest BCUT2D eigenvalue weighted by molar-refractivity contribution is 7.97. The van der Waals surface area contributed by atoms with Crippen LogP contribution in [0.25, 0.3) is 0 Å². The van der Waals surface area contributed by atoms with Gasteiger partial charge in [0.25, 0.3) is 0 Å². The van der Waals surface area contributed by atoms with Gasteiger partial charge in [-0.2, -0.15) is 0 Å². The summed E-state index contributed by atoms with van der Waals surface area (Å²) >= 11 is 1.54.